The Kier molecular flexibility index (Phi) is 6.13. The summed E-state index contributed by atoms with van der Waals surface area (Å²) in [4.78, 5) is 33.9. The maximum Gasteiger partial charge on any atom is 0.261 e. The maximum atomic E-state index is 13.4. The number of rotatable bonds is 4. The van der Waals surface area contributed by atoms with Crippen LogP contribution in [-0.4, -0.2) is 27.6 Å². The van der Waals surface area contributed by atoms with Crippen LogP contribution in [0.3, 0.4) is 0 Å². The quantitative estimate of drug-likeness (QED) is 0.552. The van der Waals surface area contributed by atoms with Crippen molar-refractivity contribution in [1.82, 2.24) is 20.4 Å². The van der Waals surface area contributed by atoms with Gasteiger partial charge in [-0.25, -0.2) is 0 Å². The normalized spacial score (nSPS) is 23.2. The number of H-pyrrole nitrogens is 1. The first-order valence-electron chi connectivity index (χ1n) is 12.2. The minimum absolute atomic E-state index is 0.165. The zero-order chi connectivity index (χ0) is 22.0. The summed E-state index contributed by atoms with van der Waals surface area (Å²) in [5, 5.41) is 7.47. The van der Waals surface area contributed by atoms with Crippen LogP contribution in [0.2, 0.25) is 0 Å². The molecule has 1 amide bonds. The second-order valence-electron chi connectivity index (χ2n) is 9.48. The van der Waals surface area contributed by atoms with Gasteiger partial charge in [0.1, 0.15) is 17.2 Å². The van der Waals surface area contributed by atoms with Crippen molar-refractivity contribution in [3.63, 3.8) is 0 Å². The highest BCUT2D eigenvalue weighted by Gasteiger charge is 2.40. The van der Waals surface area contributed by atoms with E-state index in [4.69, 9.17) is 9.26 Å². The van der Waals surface area contributed by atoms with E-state index in [9.17, 15) is 9.59 Å². The first kappa shape index (κ1) is 21.4. The van der Waals surface area contributed by atoms with E-state index >= 15 is 0 Å². The molecule has 32 heavy (non-hydrogen) atoms. The van der Waals surface area contributed by atoms with Crippen LogP contribution in [0.4, 0.5) is 0 Å². The summed E-state index contributed by atoms with van der Waals surface area (Å²) in [6, 6.07) is 1.80. The number of amides is 1. The third-order valence-corrected chi connectivity index (χ3v) is 7.22. The Morgan fingerprint density at radius 1 is 1.06 bits per heavy atom. The van der Waals surface area contributed by atoms with E-state index in [0.29, 0.717) is 18.3 Å². The zero-order valence-corrected chi connectivity index (χ0v) is 18.6. The van der Waals surface area contributed by atoms with Crippen molar-refractivity contribution < 1.29 is 14.1 Å². The fourth-order valence-corrected chi connectivity index (χ4v) is 5.37. The topological polar surface area (TPSA) is 110 Å². The van der Waals surface area contributed by atoms with Gasteiger partial charge >= 0.3 is 0 Å². The smallest absolute Gasteiger partial charge is 0.261 e. The summed E-state index contributed by atoms with van der Waals surface area (Å²) in [6.45, 7) is 0.700. The van der Waals surface area contributed by atoms with Gasteiger partial charge in [0, 0.05) is 12.3 Å². The van der Waals surface area contributed by atoms with Gasteiger partial charge < -0.3 is 19.6 Å². The summed E-state index contributed by atoms with van der Waals surface area (Å²) in [7, 11) is 0. The summed E-state index contributed by atoms with van der Waals surface area (Å²) >= 11 is 0. The molecule has 2 fully saturated rings. The predicted octanol–water partition coefficient (Wildman–Crippen LogP) is 3.86. The Balaban J connectivity index is 1.45. The molecule has 8 heteroatoms. The van der Waals surface area contributed by atoms with Gasteiger partial charge in [0.15, 0.2) is 5.82 Å². The van der Waals surface area contributed by atoms with Crippen molar-refractivity contribution in [3.8, 4) is 0 Å². The largest absolute Gasteiger partial charge is 0.368 e. The molecular weight excluding hydrogens is 408 g/mol. The van der Waals surface area contributed by atoms with Gasteiger partial charge in [-0.3, -0.25) is 9.59 Å². The molecule has 2 aromatic rings. The fraction of sp³-hybridized carbons (Fsp3) is 0.667. The SMILES string of the molecule is O=C(NC1(c2noc([C@@H]3CCCO3)n2)CCCCCC1)c1cc2c([nH]c1=O)CCCCC2. The minimum atomic E-state index is -0.729. The first-order chi connectivity index (χ1) is 15.6. The Morgan fingerprint density at radius 2 is 1.84 bits per heavy atom. The molecule has 0 bridgehead atoms. The van der Waals surface area contributed by atoms with E-state index in [0.717, 1.165) is 94.7 Å². The van der Waals surface area contributed by atoms with Crippen LogP contribution in [0, 0.1) is 0 Å². The van der Waals surface area contributed by atoms with Gasteiger partial charge in [-0.2, -0.15) is 4.98 Å². The molecule has 0 aromatic carbocycles. The van der Waals surface area contributed by atoms with Crippen LogP contribution in [-0.2, 0) is 23.1 Å². The van der Waals surface area contributed by atoms with Crippen LogP contribution in [0.15, 0.2) is 15.4 Å². The fourth-order valence-electron chi connectivity index (χ4n) is 5.37. The molecule has 172 valence electrons. The number of hydrogen-bond acceptors (Lipinski definition) is 6. The molecular formula is C24H32N4O4. The molecule has 1 atom stereocenters. The van der Waals surface area contributed by atoms with Crippen LogP contribution in [0.1, 0.15) is 110 Å². The minimum Gasteiger partial charge on any atom is -0.368 e. The molecule has 2 aliphatic carbocycles. The summed E-state index contributed by atoms with van der Waals surface area (Å²) in [5.41, 5.74) is 1.19. The van der Waals surface area contributed by atoms with E-state index in [1.54, 1.807) is 6.07 Å². The second-order valence-corrected chi connectivity index (χ2v) is 9.48. The number of aromatic nitrogens is 3. The average molecular weight is 441 g/mol. The number of nitrogens with one attached hydrogen (secondary N) is 2. The Labute approximate surface area is 187 Å². The highest BCUT2D eigenvalue weighted by molar-refractivity contribution is 5.94. The van der Waals surface area contributed by atoms with Gasteiger partial charge in [-0.15, -0.1) is 0 Å². The Bertz CT molecular complexity index is 1010. The highest BCUT2D eigenvalue weighted by Crippen LogP contribution is 2.36. The number of carbonyl (C=O) groups is 1. The monoisotopic (exact) mass is 440 g/mol. The van der Waals surface area contributed by atoms with Crippen LogP contribution >= 0.6 is 0 Å². The number of hydrogen-bond donors (Lipinski definition) is 2. The standard InChI is InChI=1S/C24H32N4O4/c29-20-17(15-16-9-4-3-5-10-18(16)25-20)21(30)27-24(12-6-1-2-7-13-24)23-26-22(32-28-23)19-11-8-14-31-19/h15,19H,1-14H2,(H,25,29)(H,27,30)/t19-/m0/s1. The molecule has 1 saturated carbocycles. The highest BCUT2D eigenvalue weighted by atomic mass is 16.5. The summed E-state index contributed by atoms with van der Waals surface area (Å²) in [6.07, 6.45) is 12.3. The molecule has 0 radical (unpaired) electrons. The number of pyridine rings is 1. The maximum absolute atomic E-state index is 13.4. The molecule has 1 saturated heterocycles. The molecule has 3 aliphatic rings. The van der Waals surface area contributed by atoms with Crippen LogP contribution in [0.5, 0.6) is 0 Å². The molecule has 2 N–H and O–H groups in total. The lowest BCUT2D eigenvalue weighted by molar-refractivity contribution is 0.0833. The molecule has 5 rings (SSSR count). The van der Waals surface area contributed by atoms with Gasteiger partial charge in [-0.1, -0.05) is 37.3 Å². The zero-order valence-electron chi connectivity index (χ0n) is 18.6. The van der Waals surface area contributed by atoms with Crippen molar-refractivity contribution in [1.29, 1.82) is 0 Å². The summed E-state index contributed by atoms with van der Waals surface area (Å²) < 4.78 is 11.3. The Morgan fingerprint density at radius 3 is 2.62 bits per heavy atom. The molecule has 8 nitrogen and oxygen atoms in total. The van der Waals surface area contributed by atoms with Crippen molar-refractivity contribution in [3.05, 3.63) is 45.0 Å². The number of nitrogens with zero attached hydrogens (tertiary/aromatic N) is 2. The van der Waals surface area contributed by atoms with Crippen LogP contribution < -0.4 is 10.9 Å². The van der Waals surface area contributed by atoms with Crippen molar-refractivity contribution in [2.24, 2.45) is 0 Å². The van der Waals surface area contributed by atoms with Gasteiger partial charge in [0.25, 0.3) is 17.4 Å². The molecule has 2 aromatic heterocycles. The van der Waals surface area contributed by atoms with Crippen LogP contribution in [0.25, 0.3) is 0 Å². The van der Waals surface area contributed by atoms with E-state index in [1.807, 2.05) is 0 Å². The van der Waals surface area contributed by atoms with E-state index in [1.165, 1.54) is 0 Å². The molecule has 1 aliphatic heterocycles. The average Bonchev–Trinajstić information content (AvgIpc) is 3.38. The molecule has 0 spiro atoms. The first-order valence-corrected chi connectivity index (χ1v) is 12.2. The van der Waals surface area contributed by atoms with E-state index in [-0.39, 0.29) is 23.1 Å². The van der Waals surface area contributed by atoms with Gasteiger partial charge in [-0.05, 0) is 63.0 Å². The summed E-state index contributed by atoms with van der Waals surface area (Å²) in [5.74, 6) is 0.631. The third kappa shape index (κ3) is 4.25. The van der Waals surface area contributed by atoms with E-state index in [2.05, 4.69) is 20.4 Å². The molecule has 0 unspecified atom stereocenters. The van der Waals surface area contributed by atoms with Gasteiger partial charge in [0.05, 0.1) is 0 Å². The number of fused-ring (bicyclic) bond motifs is 1. The van der Waals surface area contributed by atoms with Gasteiger partial charge in [0.2, 0.25) is 0 Å². The van der Waals surface area contributed by atoms with Crippen molar-refractivity contribution >= 4 is 5.91 Å². The second kappa shape index (κ2) is 9.17. The van der Waals surface area contributed by atoms with Crippen molar-refractivity contribution in [2.75, 3.05) is 6.61 Å². The number of ether oxygens (including phenoxy) is 1. The lowest BCUT2D eigenvalue weighted by atomic mass is 9.88. The number of carbonyl (C=O) groups excluding carboxylic acids is 1. The number of aryl methyl sites for hydroxylation is 2. The lowest BCUT2D eigenvalue weighted by Gasteiger charge is -2.30. The number of aromatic amines is 1. The Hall–Kier alpha value is -2.48. The van der Waals surface area contributed by atoms with Crippen molar-refractivity contribution in [2.45, 2.75) is 95.1 Å². The molecule has 3 heterocycles. The predicted molar refractivity (Wildman–Crippen MR) is 117 cm³/mol. The van der Waals surface area contributed by atoms with E-state index < -0.39 is 5.54 Å². The third-order valence-electron chi connectivity index (χ3n) is 7.22. The lowest BCUT2D eigenvalue weighted by Crippen LogP contribution is -2.47.